The average molecular weight is 291 g/mol. The van der Waals surface area contributed by atoms with E-state index in [1.165, 1.54) is 4.31 Å². The van der Waals surface area contributed by atoms with E-state index in [9.17, 15) is 8.42 Å². The Balaban J connectivity index is 2.40. The second-order valence-corrected chi connectivity index (χ2v) is 6.60. The van der Waals surface area contributed by atoms with Gasteiger partial charge in [0.1, 0.15) is 5.82 Å². The molecule has 1 aliphatic heterocycles. The molecule has 1 saturated heterocycles. The van der Waals surface area contributed by atoms with Crippen LogP contribution in [0.3, 0.4) is 0 Å². The van der Waals surface area contributed by atoms with Gasteiger partial charge in [-0.2, -0.15) is 0 Å². The van der Waals surface area contributed by atoms with Gasteiger partial charge in [0, 0.05) is 17.2 Å². The maximum Gasteiger partial charge on any atom is 0.236 e. The Morgan fingerprint density at radius 2 is 2.33 bits per heavy atom. The van der Waals surface area contributed by atoms with Crippen LogP contribution in [0.15, 0.2) is 22.8 Å². The van der Waals surface area contributed by atoms with Crippen LogP contribution < -0.4 is 4.31 Å². The van der Waals surface area contributed by atoms with Gasteiger partial charge in [-0.05, 0) is 18.1 Å². The van der Waals surface area contributed by atoms with Gasteiger partial charge < -0.3 is 0 Å². The van der Waals surface area contributed by atoms with E-state index in [0.717, 1.165) is 4.47 Å². The third kappa shape index (κ3) is 2.15. The van der Waals surface area contributed by atoms with E-state index in [0.29, 0.717) is 12.4 Å². The molecule has 0 N–H and O–H groups in total. The van der Waals surface area contributed by atoms with E-state index in [-0.39, 0.29) is 11.7 Å². The molecule has 2 rings (SSSR count). The largest absolute Gasteiger partial charge is 0.253 e. The topological polar surface area (TPSA) is 50.3 Å². The molecule has 0 bridgehead atoms. The molecule has 1 aromatic rings. The SMILES string of the molecule is CC1CN(c2cc(Br)ccn2)S(=O)(=O)C1. The van der Waals surface area contributed by atoms with Gasteiger partial charge in [0.25, 0.3) is 0 Å². The lowest BCUT2D eigenvalue weighted by atomic mass is 10.2. The standard InChI is InChI=1S/C9H11BrN2O2S/c1-7-5-12(15(13,14)6-7)9-4-8(10)2-3-11-9/h2-4,7H,5-6H2,1H3. The van der Waals surface area contributed by atoms with Crippen molar-refractivity contribution in [3.63, 3.8) is 0 Å². The second-order valence-electron chi connectivity index (χ2n) is 3.75. The lowest BCUT2D eigenvalue weighted by Gasteiger charge is -2.15. The third-order valence-electron chi connectivity index (χ3n) is 2.27. The number of pyridine rings is 1. The zero-order valence-electron chi connectivity index (χ0n) is 8.22. The Bertz CT molecular complexity index is 475. The number of anilines is 1. The predicted octanol–water partition coefficient (Wildman–Crippen LogP) is 1.63. The molecule has 0 spiro atoms. The van der Waals surface area contributed by atoms with Gasteiger partial charge in [0.05, 0.1) is 5.75 Å². The molecular formula is C9H11BrN2O2S. The molecular weight excluding hydrogens is 280 g/mol. The molecule has 0 radical (unpaired) electrons. The number of halogens is 1. The Morgan fingerprint density at radius 3 is 2.87 bits per heavy atom. The molecule has 1 unspecified atom stereocenters. The van der Waals surface area contributed by atoms with Crippen LogP contribution in [0.2, 0.25) is 0 Å². The first-order valence-corrected chi connectivity index (χ1v) is 7.01. The predicted molar refractivity (Wildman–Crippen MR) is 62.2 cm³/mol. The summed E-state index contributed by atoms with van der Waals surface area (Å²) < 4.78 is 25.7. The average Bonchev–Trinajstić information content (AvgIpc) is 2.39. The fraction of sp³-hybridized carbons (Fsp3) is 0.444. The quantitative estimate of drug-likeness (QED) is 0.790. The lowest BCUT2D eigenvalue weighted by Crippen LogP contribution is -2.26. The summed E-state index contributed by atoms with van der Waals surface area (Å²) in [6, 6.07) is 3.49. The van der Waals surface area contributed by atoms with Crippen LogP contribution in [0.5, 0.6) is 0 Å². The molecule has 0 saturated carbocycles. The molecule has 1 atom stereocenters. The summed E-state index contributed by atoms with van der Waals surface area (Å²) >= 11 is 3.30. The van der Waals surface area contributed by atoms with Gasteiger partial charge in [-0.25, -0.2) is 13.4 Å². The van der Waals surface area contributed by atoms with Crippen LogP contribution in [0, 0.1) is 5.92 Å². The molecule has 4 nitrogen and oxygen atoms in total. The summed E-state index contributed by atoms with van der Waals surface area (Å²) in [7, 11) is -3.16. The fourth-order valence-electron chi connectivity index (χ4n) is 1.66. The molecule has 0 amide bonds. The Labute approximate surface area is 97.5 Å². The van der Waals surface area contributed by atoms with Crippen molar-refractivity contribution >= 4 is 31.8 Å². The number of rotatable bonds is 1. The fourth-order valence-corrected chi connectivity index (χ4v) is 3.86. The van der Waals surface area contributed by atoms with Gasteiger partial charge in [-0.15, -0.1) is 0 Å². The summed E-state index contributed by atoms with van der Waals surface area (Å²) in [4.78, 5) is 4.07. The van der Waals surface area contributed by atoms with Crippen molar-refractivity contribution < 1.29 is 8.42 Å². The third-order valence-corrected chi connectivity index (χ3v) is 4.76. The van der Waals surface area contributed by atoms with E-state index in [1.54, 1.807) is 18.3 Å². The number of hydrogen-bond donors (Lipinski definition) is 0. The summed E-state index contributed by atoms with van der Waals surface area (Å²) in [6.07, 6.45) is 1.60. The molecule has 1 aromatic heterocycles. The van der Waals surface area contributed by atoms with Crippen molar-refractivity contribution in [3.05, 3.63) is 22.8 Å². The van der Waals surface area contributed by atoms with Gasteiger partial charge in [-0.3, -0.25) is 4.31 Å². The molecule has 0 aromatic carbocycles. The zero-order chi connectivity index (χ0) is 11.1. The highest BCUT2D eigenvalue weighted by atomic mass is 79.9. The van der Waals surface area contributed by atoms with Crippen molar-refractivity contribution in [2.75, 3.05) is 16.6 Å². The highest BCUT2D eigenvalue weighted by Gasteiger charge is 2.34. The summed E-state index contributed by atoms with van der Waals surface area (Å²) in [6.45, 7) is 2.45. The lowest BCUT2D eigenvalue weighted by molar-refractivity contribution is 0.597. The van der Waals surface area contributed by atoms with Crippen LogP contribution >= 0.6 is 15.9 Å². The van der Waals surface area contributed by atoms with Gasteiger partial charge in [-0.1, -0.05) is 22.9 Å². The van der Waals surface area contributed by atoms with Crippen molar-refractivity contribution in [1.82, 2.24) is 4.98 Å². The summed E-state index contributed by atoms with van der Waals surface area (Å²) in [5, 5.41) is 0. The van der Waals surface area contributed by atoms with Crippen molar-refractivity contribution in [2.24, 2.45) is 5.92 Å². The van der Waals surface area contributed by atoms with E-state index in [2.05, 4.69) is 20.9 Å². The van der Waals surface area contributed by atoms with Crippen LogP contribution in [-0.2, 0) is 10.0 Å². The highest BCUT2D eigenvalue weighted by Crippen LogP contribution is 2.26. The molecule has 1 fully saturated rings. The molecule has 0 aliphatic carbocycles. The van der Waals surface area contributed by atoms with E-state index in [1.807, 2.05) is 6.92 Å². The molecule has 1 aliphatic rings. The van der Waals surface area contributed by atoms with Crippen LogP contribution in [0.25, 0.3) is 0 Å². The van der Waals surface area contributed by atoms with Crippen molar-refractivity contribution in [1.29, 1.82) is 0 Å². The van der Waals surface area contributed by atoms with E-state index < -0.39 is 10.0 Å². The zero-order valence-corrected chi connectivity index (χ0v) is 10.6. The van der Waals surface area contributed by atoms with Crippen LogP contribution in [-0.4, -0.2) is 25.7 Å². The van der Waals surface area contributed by atoms with Crippen molar-refractivity contribution in [3.8, 4) is 0 Å². The first-order valence-electron chi connectivity index (χ1n) is 4.61. The number of sulfonamides is 1. The molecule has 15 heavy (non-hydrogen) atoms. The first kappa shape index (κ1) is 10.9. The molecule has 6 heteroatoms. The molecule has 82 valence electrons. The maximum atomic E-state index is 11.8. The highest BCUT2D eigenvalue weighted by molar-refractivity contribution is 9.10. The maximum absolute atomic E-state index is 11.8. The first-order chi connectivity index (χ1) is 6.99. The minimum atomic E-state index is -3.16. The van der Waals surface area contributed by atoms with Gasteiger partial charge in [0.15, 0.2) is 0 Å². The van der Waals surface area contributed by atoms with Gasteiger partial charge in [0.2, 0.25) is 10.0 Å². The Morgan fingerprint density at radius 1 is 1.60 bits per heavy atom. The number of hydrogen-bond acceptors (Lipinski definition) is 3. The van der Waals surface area contributed by atoms with Crippen LogP contribution in [0.1, 0.15) is 6.92 Å². The van der Waals surface area contributed by atoms with E-state index >= 15 is 0 Å². The van der Waals surface area contributed by atoms with Crippen molar-refractivity contribution in [2.45, 2.75) is 6.92 Å². The second kappa shape index (κ2) is 3.75. The van der Waals surface area contributed by atoms with E-state index in [4.69, 9.17) is 0 Å². The van der Waals surface area contributed by atoms with Crippen LogP contribution in [0.4, 0.5) is 5.82 Å². The number of aromatic nitrogens is 1. The summed E-state index contributed by atoms with van der Waals surface area (Å²) in [5.74, 6) is 0.866. The minimum Gasteiger partial charge on any atom is -0.253 e. The monoisotopic (exact) mass is 290 g/mol. The molecule has 2 heterocycles. The minimum absolute atomic E-state index is 0.163. The smallest absolute Gasteiger partial charge is 0.236 e. The Kier molecular flexibility index (Phi) is 2.72. The van der Waals surface area contributed by atoms with Gasteiger partial charge >= 0.3 is 0 Å². The Hall–Kier alpha value is -0.620. The normalized spacial score (nSPS) is 24.4. The summed E-state index contributed by atoms with van der Waals surface area (Å²) in [5.41, 5.74) is 0. The number of nitrogens with zero attached hydrogens (tertiary/aromatic N) is 2.